The van der Waals surface area contributed by atoms with E-state index in [9.17, 15) is 13.6 Å². The summed E-state index contributed by atoms with van der Waals surface area (Å²) in [7, 11) is 0. The Bertz CT molecular complexity index is 1100. The third kappa shape index (κ3) is 3.77. The zero-order chi connectivity index (χ0) is 21.3. The van der Waals surface area contributed by atoms with Crippen molar-refractivity contribution in [2.24, 2.45) is 5.73 Å². The Morgan fingerprint density at radius 3 is 2.67 bits per heavy atom. The molecule has 0 fully saturated rings. The lowest BCUT2D eigenvalue weighted by atomic mass is 9.98. The number of nitrogens with two attached hydrogens (primary N) is 1. The predicted molar refractivity (Wildman–Crippen MR) is 113 cm³/mol. The highest BCUT2D eigenvalue weighted by Crippen LogP contribution is 2.32. The molecule has 1 aliphatic heterocycles. The fourth-order valence-corrected chi connectivity index (χ4v) is 3.61. The number of amides is 1. The van der Waals surface area contributed by atoms with Gasteiger partial charge in [-0.3, -0.25) is 4.79 Å². The molecule has 1 aliphatic rings. The lowest BCUT2D eigenvalue weighted by Crippen LogP contribution is -2.34. The number of carbonyl (C=O) groups is 1. The number of hydrazine groups is 1. The SMILES string of the molecule is CC1NNc2ccc(-c3cccc(C(=O)NC(CN)c4cccc(F)c4F)c3)cc21. The average molecular weight is 408 g/mol. The van der Waals surface area contributed by atoms with Gasteiger partial charge in [0.15, 0.2) is 11.6 Å². The fraction of sp³-hybridized carbons (Fsp3) is 0.174. The zero-order valence-corrected chi connectivity index (χ0v) is 16.4. The number of carbonyl (C=O) groups excluding carboxylic acids is 1. The molecule has 3 aromatic rings. The Morgan fingerprint density at radius 2 is 1.87 bits per heavy atom. The van der Waals surface area contributed by atoms with Crippen LogP contribution in [0.2, 0.25) is 0 Å². The fourth-order valence-electron chi connectivity index (χ4n) is 3.61. The van der Waals surface area contributed by atoms with Crippen LogP contribution >= 0.6 is 0 Å². The first-order valence-electron chi connectivity index (χ1n) is 9.68. The summed E-state index contributed by atoms with van der Waals surface area (Å²) in [6, 6.07) is 16.4. The van der Waals surface area contributed by atoms with E-state index in [4.69, 9.17) is 5.73 Å². The summed E-state index contributed by atoms with van der Waals surface area (Å²) >= 11 is 0. The minimum Gasteiger partial charge on any atom is -0.344 e. The predicted octanol–water partition coefficient (Wildman–Crippen LogP) is 4.05. The monoisotopic (exact) mass is 408 g/mol. The molecule has 0 spiro atoms. The second-order valence-corrected chi connectivity index (χ2v) is 7.28. The molecule has 5 nitrogen and oxygen atoms in total. The second-order valence-electron chi connectivity index (χ2n) is 7.28. The summed E-state index contributed by atoms with van der Waals surface area (Å²) in [6.07, 6.45) is 0. The molecule has 0 aliphatic carbocycles. The molecule has 1 amide bonds. The van der Waals surface area contributed by atoms with E-state index in [1.165, 1.54) is 12.1 Å². The zero-order valence-electron chi connectivity index (χ0n) is 16.4. The van der Waals surface area contributed by atoms with Crippen molar-refractivity contribution in [3.05, 3.63) is 89.0 Å². The number of rotatable bonds is 5. The van der Waals surface area contributed by atoms with Gasteiger partial charge in [-0.2, -0.15) is 0 Å². The van der Waals surface area contributed by atoms with Gasteiger partial charge in [-0.1, -0.05) is 30.3 Å². The van der Waals surface area contributed by atoms with Gasteiger partial charge in [0.1, 0.15) is 0 Å². The highest BCUT2D eigenvalue weighted by Gasteiger charge is 2.21. The number of anilines is 1. The summed E-state index contributed by atoms with van der Waals surface area (Å²) in [6.45, 7) is 2.00. The van der Waals surface area contributed by atoms with Crippen molar-refractivity contribution >= 4 is 11.6 Å². The maximum absolute atomic E-state index is 14.1. The van der Waals surface area contributed by atoms with Crippen LogP contribution < -0.4 is 21.9 Å². The van der Waals surface area contributed by atoms with Crippen molar-refractivity contribution < 1.29 is 13.6 Å². The van der Waals surface area contributed by atoms with Crippen LogP contribution in [0.5, 0.6) is 0 Å². The largest absolute Gasteiger partial charge is 0.344 e. The molecule has 1 heterocycles. The number of halogens is 2. The molecule has 0 bridgehead atoms. The van der Waals surface area contributed by atoms with Gasteiger partial charge in [0.05, 0.1) is 17.8 Å². The number of nitrogens with one attached hydrogen (secondary N) is 3. The van der Waals surface area contributed by atoms with Crippen molar-refractivity contribution in [3.8, 4) is 11.1 Å². The molecule has 0 radical (unpaired) electrons. The van der Waals surface area contributed by atoms with Crippen molar-refractivity contribution in [2.75, 3.05) is 12.0 Å². The standard InChI is InChI=1S/C23H22F2N4O/c1-13-18-11-15(8-9-20(18)29-28-13)14-4-2-5-16(10-14)23(30)27-21(12-26)17-6-3-7-19(24)22(17)25/h2-11,13,21,28-29H,12,26H2,1H3,(H,27,30). The van der Waals surface area contributed by atoms with E-state index in [0.29, 0.717) is 5.56 Å². The highest BCUT2D eigenvalue weighted by atomic mass is 19.2. The Balaban J connectivity index is 1.58. The smallest absolute Gasteiger partial charge is 0.251 e. The van der Waals surface area contributed by atoms with Crippen LogP contribution in [0.1, 0.15) is 40.5 Å². The van der Waals surface area contributed by atoms with Gasteiger partial charge >= 0.3 is 0 Å². The lowest BCUT2D eigenvalue weighted by Gasteiger charge is -2.18. The van der Waals surface area contributed by atoms with Crippen LogP contribution in [0.4, 0.5) is 14.5 Å². The minimum atomic E-state index is -1.00. The minimum absolute atomic E-state index is 0.0228. The maximum atomic E-state index is 14.1. The van der Waals surface area contributed by atoms with Gasteiger partial charge in [-0.05, 0) is 53.9 Å². The van der Waals surface area contributed by atoms with E-state index in [-0.39, 0.29) is 18.2 Å². The molecule has 2 atom stereocenters. The first-order chi connectivity index (χ1) is 14.5. The second kappa shape index (κ2) is 8.22. The molecule has 5 N–H and O–H groups in total. The van der Waals surface area contributed by atoms with E-state index >= 15 is 0 Å². The summed E-state index contributed by atoms with van der Waals surface area (Å²) in [5, 5.41) is 2.70. The van der Waals surface area contributed by atoms with Gasteiger partial charge in [0, 0.05) is 17.7 Å². The normalized spacial score (nSPS) is 15.9. The molecule has 3 aromatic carbocycles. The number of benzene rings is 3. The van der Waals surface area contributed by atoms with Crippen molar-refractivity contribution in [2.45, 2.75) is 19.0 Å². The molecule has 0 aromatic heterocycles. The quantitative estimate of drug-likeness (QED) is 0.514. The van der Waals surface area contributed by atoms with Gasteiger partial charge in [0.25, 0.3) is 5.91 Å². The van der Waals surface area contributed by atoms with Crippen LogP contribution in [-0.2, 0) is 0 Å². The Kier molecular flexibility index (Phi) is 5.48. The van der Waals surface area contributed by atoms with Crippen LogP contribution in [0.15, 0.2) is 60.7 Å². The van der Waals surface area contributed by atoms with Gasteiger partial charge in [0.2, 0.25) is 0 Å². The summed E-state index contributed by atoms with van der Waals surface area (Å²) < 4.78 is 27.7. The number of hydrogen-bond acceptors (Lipinski definition) is 4. The molecule has 7 heteroatoms. The summed E-state index contributed by atoms with van der Waals surface area (Å²) in [4.78, 5) is 12.8. The molecule has 4 rings (SSSR count). The van der Waals surface area contributed by atoms with Crippen LogP contribution in [0.25, 0.3) is 11.1 Å². The first-order valence-corrected chi connectivity index (χ1v) is 9.68. The Hall–Kier alpha value is -3.29. The maximum Gasteiger partial charge on any atom is 0.251 e. The van der Waals surface area contributed by atoms with Crippen molar-refractivity contribution in [1.82, 2.24) is 10.7 Å². The van der Waals surface area contributed by atoms with E-state index in [1.807, 2.05) is 18.2 Å². The van der Waals surface area contributed by atoms with E-state index in [0.717, 1.165) is 28.4 Å². The van der Waals surface area contributed by atoms with Crippen LogP contribution in [0.3, 0.4) is 0 Å². The van der Waals surface area contributed by atoms with Gasteiger partial charge in [-0.25, -0.2) is 14.2 Å². The van der Waals surface area contributed by atoms with E-state index < -0.39 is 23.6 Å². The Morgan fingerprint density at radius 1 is 1.10 bits per heavy atom. The Labute approximate surface area is 173 Å². The summed E-state index contributed by atoms with van der Waals surface area (Å²) in [5.74, 6) is -2.39. The molecule has 154 valence electrons. The van der Waals surface area contributed by atoms with Crippen molar-refractivity contribution in [3.63, 3.8) is 0 Å². The molecule has 0 saturated heterocycles. The summed E-state index contributed by atoms with van der Waals surface area (Å²) in [5.41, 5.74) is 16.5. The van der Waals surface area contributed by atoms with Crippen LogP contribution in [0, 0.1) is 11.6 Å². The molecule has 30 heavy (non-hydrogen) atoms. The highest BCUT2D eigenvalue weighted by molar-refractivity contribution is 5.95. The number of hydrogen-bond donors (Lipinski definition) is 4. The average Bonchev–Trinajstić information content (AvgIpc) is 3.14. The van der Waals surface area contributed by atoms with Crippen LogP contribution in [-0.4, -0.2) is 12.5 Å². The van der Waals surface area contributed by atoms with E-state index in [1.54, 1.807) is 18.2 Å². The third-order valence-electron chi connectivity index (χ3n) is 5.30. The molecular formula is C23H22F2N4O. The first kappa shape index (κ1) is 20.0. The molecule has 2 unspecified atom stereocenters. The lowest BCUT2D eigenvalue weighted by molar-refractivity contribution is 0.0937. The molecule has 0 saturated carbocycles. The molecular weight excluding hydrogens is 386 g/mol. The van der Waals surface area contributed by atoms with Gasteiger partial charge < -0.3 is 16.5 Å². The third-order valence-corrected chi connectivity index (χ3v) is 5.30. The topological polar surface area (TPSA) is 79.2 Å². The van der Waals surface area contributed by atoms with Crippen molar-refractivity contribution in [1.29, 1.82) is 0 Å². The van der Waals surface area contributed by atoms with E-state index in [2.05, 4.69) is 29.2 Å². The van der Waals surface area contributed by atoms with Gasteiger partial charge in [-0.15, -0.1) is 0 Å². The number of fused-ring (bicyclic) bond motifs is 1.